The van der Waals surface area contributed by atoms with E-state index in [0.29, 0.717) is 11.5 Å². The topological polar surface area (TPSA) is 34.9 Å². The van der Waals surface area contributed by atoms with Crippen LogP contribution in [0.15, 0.2) is 12.4 Å². The number of ketones is 1. The lowest BCUT2D eigenvalue weighted by atomic mass is 10.2. The highest BCUT2D eigenvalue weighted by Gasteiger charge is 2.01. The summed E-state index contributed by atoms with van der Waals surface area (Å²) in [4.78, 5) is 11.0. The standard InChI is InChI=1S/C13H18N2O/c1-11(2)7-5-4-6-8-15-10-13(9-14-15)12(3)16/h9-11H,4,6,8H2,1-3H3. The largest absolute Gasteiger partial charge is 0.294 e. The lowest BCUT2D eigenvalue weighted by Gasteiger charge is -1.97. The smallest absolute Gasteiger partial charge is 0.162 e. The third kappa shape index (κ3) is 4.31. The molecule has 1 aromatic heterocycles. The summed E-state index contributed by atoms with van der Waals surface area (Å²) in [6.45, 7) is 6.54. The molecular formula is C13H18N2O. The molecule has 0 aliphatic heterocycles. The number of hydrogen-bond acceptors (Lipinski definition) is 2. The molecule has 0 aliphatic carbocycles. The Hall–Kier alpha value is -1.56. The Morgan fingerprint density at radius 1 is 1.56 bits per heavy atom. The predicted molar refractivity (Wildman–Crippen MR) is 64.1 cm³/mol. The van der Waals surface area contributed by atoms with Crippen molar-refractivity contribution in [3.05, 3.63) is 18.0 Å². The summed E-state index contributed by atoms with van der Waals surface area (Å²) in [5.41, 5.74) is 0.674. The molecule has 0 aliphatic rings. The second kappa shape index (κ2) is 6.12. The van der Waals surface area contributed by atoms with Gasteiger partial charge in [0.2, 0.25) is 0 Å². The van der Waals surface area contributed by atoms with Gasteiger partial charge in [0, 0.05) is 25.1 Å². The monoisotopic (exact) mass is 218 g/mol. The van der Waals surface area contributed by atoms with Crippen LogP contribution in [0.5, 0.6) is 0 Å². The molecule has 0 aromatic carbocycles. The van der Waals surface area contributed by atoms with Crippen LogP contribution in [-0.4, -0.2) is 15.6 Å². The van der Waals surface area contributed by atoms with Gasteiger partial charge in [0.1, 0.15) is 0 Å². The van der Waals surface area contributed by atoms with E-state index in [9.17, 15) is 4.79 Å². The fourth-order valence-electron chi connectivity index (χ4n) is 1.27. The Bertz CT molecular complexity index is 407. The first kappa shape index (κ1) is 12.5. The van der Waals surface area contributed by atoms with Crippen LogP contribution in [0.1, 0.15) is 44.0 Å². The number of hydrogen-bond donors (Lipinski definition) is 0. The highest BCUT2D eigenvalue weighted by molar-refractivity contribution is 5.93. The highest BCUT2D eigenvalue weighted by Crippen LogP contribution is 2.00. The van der Waals surface area contributed by atoms with E-state index in [0.717, 1.165) is 19.4 Å². The number of aryl methyl sites for hydroxylation is 1. The lowest BCUT2D eigenvalue weighted by molar-refractivity contribution is 0.101. The molecule has 0 saturated carbocycles. The van der Waals surface area contributed by atoms with Crippen molar-refractivity contribution < 1.29 is 4.79 Å². The van der Waals surface area contributed by atoms with E-state index < -0.39 is 0 Å². The average Bonchev–Trinajstić information content (AvgIpc) is 2.65. The summed E-state index contributed by atoms with van der Waals surface area (Å²) in [5.74, 6) is 6.75. The third-order valence-electron chi connectivity index (χ3n) is 2.12. The highest BCUT2D eigenvalue weighted by atomic mass is 16.1. The maximum absolute atomic E-state index is 11.0. The van der Waals surface area contributed by atoms with E-state index in [1.165, 1.54) is 0 Å². The molecule has 0 atom stereocenters. The Morgan fingerprint density at radius 2 is 2.31 bits per heavy atom. The molecule has 0 radical (unpaired) electrons. The van der Waals surface area contributed by atoms with Gasteiger partial charge in [-0.1, -0.05) is 13.8 Å². The maximum Gasteiger partial charge on any atom is 0.162 e. The van der Waals surface area contributed by atoms with Crippen LogP contribution >= 0.6 is 0 Å². The molecule has 1 aromatic rings. The van der Waals surface area contributed by atoms with Crippen molar-refractivity contribution in [1.29, 1.82) is 0 Å². The van der Waals surface area contributed by atoms with Crippen LogP contribution in [0.3, 0.4) is 0 Å². The van der Waals surface area contributed by atoms with Crippen LogP contribution < -0.4 is 0 Å². The predicted octanol–water partition coefficient (Wildman–Crippen LogP) is 2.53. The minimum atomic E-state index is 0.0610. The number of Topliss-reactive ketones (excluding diaryl/α,β-unsaturated/α-hetero) is 1. The van der Waals surface area contributed by atoms with Crippen molar-refractivity contribution in [2.75, 3.05) is 0 Å². The van der Waals surface area contributed by atoms with Crippen LogP contribution in [0, 0.1) is 17.8 Å². The van der Waals surface area contributed by atoms with Gasteiger partial charge >= 0.3 is 0 Å². The van der Waals surface area contributed by atoms with Gasteiger partial charge in [0.25, 0.3) is 0 Å². The normalized spacial score (nSPS) is 10.0. The Labute approximate surface area is 96.8 Å². The fraction of sp³-hybridized carbons (Fsp3) is 0.538. The van der Waals surface area contributed by atoms with Crippen LogP contribution in [0.25, 0.3) is 0 Å². The van der Waals surface area contributed by atoms with Crippen molar-refractivity contribution in [3.63, 3.8) is 0 Å². The van der Waals surface area contributed by atoms with Crippen LogP contribution in [-0.2, 0) is 6.54 Å². The summed E-state index contributed by atoms with van der Waals surface area (Å²) in [6, 6.07) is 0. The minimum Gasteiger partial charge on any atom is -0.294 e. The van der Waals surface area contributed by atoms with Crippen molar-refractivity contribution in [2.45, 2.75) is 40.2 Å². The summed E-state index contributed by atoms with van der Waals surface area (Å²) >= 11 is 0. The van der Waals surface area contributed by atoms with Gasteiger partial charge in [-0.25, -0.2) is 0 Å². The van der Waals surface area contributed by atoms with Crippen molar-refractivity contribution in [1.82, 2.24) is 9.78 Å². The maximum atomic E-state index is 11.0. The number of rotatable bonds is 4. The molecule has 0 saturated heterocycles. The zero-order valence-electron chi connectivity index (χ0n) is 10.2. The Morgan fingerprint density at radius 3 is 2.88 bits per heavy atom. The van der Waals surface area contributed by atoms with E-state index in [1.54, 1.807) is 24.0 Å². The molecule has 86 valence electrons. The van der Waals surface area contributed by atoms with Gasteiger partial charge in [-0.15, -0.1) is 11.8 Å². The molecule has 0 fully saturated rings. The van der Waals surface area contributed by atoms with Crippen molar-refractivity contribution in [2.24, 2.45) is 5.92 Å². The quantitative estimate of drug-likeness (QED) is 0.442. The second-order valence-corrected chi connectivity index (χ2v) is 4.13. The molecule has 16 heavy (non-hydrogen) atoms. The average molecular weight is 218 g/mol. The minimum absolute atomic E-state index is 0.0610. The number of carbonyl (C=O) groups excluding carboxylic acids is 1. The van der Waals surface area contributed by atoms with Gasteiger partial charge < -0.3 is 0 Å². The van der Waals surface area contributed by atoms with E-state index in [4.69, 9.17) is 0 Å². The molecule has 1 rings (SSSR count). The third-order valence-corrected chi connectivity index (χ3v) is 2.12. The summed E-state index contributed by atoms with van der Waals surface area (Å²) in [6.07, 6.45) is 5.26. The van der Waals surface area contributed by atoms with Crippen molar-refractivity contribution in [3.8, 4) is 11.8 Å². The molecule has 0 bridgehead atoms. The molecular weight excluding hydrogens is 200 g/mol. The first-order chi connectivity index (χ1) is 7.59. The zero-order chi connectivity index (χ0) is 12.0. The van der Waals surface area contributed by atoms with Crippen LogP contribution in [0.4, 0.5) is 0 Å². The molecule has 0 spiro atoms. The Balaban J connectivity index is 2.33. The SMILES string of the molecule is CC(=O)c1cnn(CCCC#CC(C)C)c1. The molecule has 1 heterocycles. The van der Waals surface area contributed by atoms with Crippen LogP contribution in [0.2, 0.25) is 0 Å². The number of unbranched alkanes of at least 4 members (excludes halogenated alkanes) is 1. The van der Waals surface area contributed by atoms with E-state index in [2.05, 4.69) is 30.8 Å². The molecule has 0 amide bonds. The van der Waals surface area contributed by atoms with Gasteiger partial charge in [0.05, 0.1) is 11.8 Å². The van der Waals surface area contributed by atoms with Gasteiger partial charge in [0.15, 0.2) is 5.78 Å². The number of carbonyl (C=O) groups is 1. The summed E-state index contributed by atoms with van der Waals surface area (Å²) < 4.78 is 1.80. The molecule has 3 nitrogen and oxygen atoms in total. The van der Waals surface area contributed by atoms with Gasteiger partial charge in [-0.3, -0.25) is 9.48 Å². The number of nitrogens with zero attached hydrogens (tertiary/aromatic N) is 2. The molecule has 0 N–H and O–H groups in total. The lowest BCUT2D eigenvalue weighted by Crippen LogP contribution is -1.98. The van der Waals surface area contributed by atoms with Gasteiger partial charge in [-0.05, 0) is 13.3 Å². The van der Waals surface area contributed by atoms with Gasteiger partial charge in [-0.2, -0.15) is 5.10 Å². The van der Waals surface area contributed by atoms with E-state index in [1.807, 2.05) is 0 Å². The summed E-state index contributed by atoms with van der Waals surface area (Å²) in [5, 5.41) is 4.12. The molecule has 0 unspecified atom stereocenters. The van der Waals surface area contributed by atoms with E-state index >= 15 is 0 Å². The Kier molecular flexibility index (Phi) is 4.78. The summed E-state index contributed by atoms with van der Waals surface area (Å²) in [7, 11) is 0. The first-order valence-electron chi connectivity index (χ1n) is 5.61. The second-order valence-electron chi connectivity index (χ2n) is 4.13. The van der Waals surface area contributed by atoms with Crippen molar-refractivity contribution >= 4 is 5.78 Å². The van der Waals surface area contributed by atoms with E-state index in [-0.39, 0.29) is 5.78 Å². The number of aromatic nitrogens is 2. The molecule has 3 heteroatoms. The first-order valence-corrected chi connectivity index (χ1v) is 5.61. The fourth-order valence-corrected chi connectivity index (χ4v) is 1.27. The zero-order valence-corrected chi connectivity index (χ0v) is 10.2.